The smallest absolute Gasteiger partial charge is 0.126 e. The summed E-state index contributed by atoms with van der Waals surface area (Å²) in [6.45, 7) is 8.43. The van der Waals surface area contributed by atoms with Gasteiger partial charge in [0.15, 0.2) is 0 Å². The summed E-state index contributed by atoms with van der Waals surface area (Å²) in [5.74, 6) is 0.898. The summed E-state index contributed by atoms with van der Waals surface area (Å²) in [6, 6.07) is 12.8. The quantitative estimate of drug-likeness (QED) is 0.886. The van der Waals surface area contributed by atoms with Crippen molar-refractivity contribution in [3.05, 3.63) is 42.0 Å². The predicted molar refractivity (Wildman–Crippen MR) is 98.6 cm³/mol. The Morgan fingerprint density at radius 2 is 1.79 bits per heavy atom. The Morgan fingerprint density at radius 3 is 2.42 bits per heavy atom. The third-order valence-corrected chi connectivity index (χ3v) is 5.10. The average molecular weight is 328 g/mol. The Bertz CT molecular complexity index is 693. The van der Waals surface area contributed by atoms with Crippen LogP contribution in [0.2, 0.25) is 0 Å². The number of nitrogens with zero attached hydrogens (tertiary/aromatic N) is 1. The maximum absolute atomic E-state index is 10.1. The van der Waals surface area contributed by atoms with Gasteiger partial charge in [0.05, 0.1) is 7.11 Å². The van der Waals surface area contributed by atoms with Gasteiger partial charge in [-0.2, -0.15) is 0 Å². The zero-order valence-corrected chi connectivity index (χ0v) is 14.9. The molecule has 2 aromatic rings. The van der Waals surface area contributed by atoms with E-state index in [0.717, 1.165) is 37.3 Å². The Balaban J connectivity index is 2.16. The minimum absolute atomic E-state index is 0.155. The second-order valence-corrected chi connectivity index (χ2v) is 7.24. The van der Waals surface area contributed by atoms with Gasteiger partial charge in [-0.3, -0.25) is 4.90 Å². The minimum atomic E-state index is -0.227. The number of ether oxygens (including phenoxy) is 1. The molecule has 1 saturated heterocycles. The molecule has 130 valence electrons. The molecule has 0 amide bonds. The highest BCUT2D eigenvalue weighted by Gasteiger charge is 2.36. The van der Waals surface area contributed by atoms with Crippen molar-refractivity contribution >= 4 is 10.8 Å². The fraction of sp³-hybridized carbons (Fsp3) is 0.500. The molecular weight excluding hydrogens is 300 g/mol. The summed E-state index contributed by atoms with van der Waals surface area (Å²) in [6.07, 6.45) is 0. The van der Waals surface area contributed by atoms with Crippen LogP contribution in [0.25, 0.3) is 10.8 Å². The Hall–Kier alpha value is -1.62. The van der Waals surface area contributed by atoms with Gasteiger partial charge in [-0.1, -0.05) is 44.2 Å². The molecule has 4 heteroatoms. The Morgan fingerprint density at radius 1 is 1.12 bits per heavy atom. The van der Waals surface area contributed by atoms with E-state index in [1.807, 2.05) is 6.07 Å². The highest BCUT2D eigenvalue weighted by Crippen LogP contribution is 2.42. The van der Waals surface area contributed by atoms with Crippen LogP contribution >= 0.6 is 0 Å². The molecular formula is C20H28N2O2. The van der Waals surface area contributed by atoms with Gasteiger partial charge in [-0.25, -0.2) is 0 Å². The van der Waals surface area contributed by atoms with Crippen molar-refractivity contribution in [3.63, 3.8) is 0 Å². The van der Waals surface area contributed by atoms with Crippen LogP contribution in [0.4, 0.5) is 0 Å². The molecule has 1 aliphatic heterocycles. The molecule has 2 N–H and O–H groups in total. The van der Waals surface area contributed by atoms with E-state index >= 15 is 0 Å². The molecule has 1 atom stereocenters. The zero-order chi connectivity index (χ0) is 17.2. The lowest BCUT2D eigenvalue weighted by Crippen LogP contribution is -2.49. The van der Waals surface area contributed by atoms with Crippen LogP contribution in [0.5, 0.6) is 5.75 Å². The van der Waals surface area contributed by atoms with Crippen molar-refractivity contribution in [1.82, 2.24) is 10.2 Å². The lowest BCUT2D eigenvalue weighted by Gasteiger charge is -2.44. The lowest BCUT2D eigenvalue weighted by molar-refractivity contribution is 0.0313. The van der Waals surface area contributed by atoms with E-state index in [1.165, 1.54) is 10.9 Å². The zero-order valence-electron chi connectivity index (χ0n) is 14.9. The monoisotopic (exact) mass is 328 g/mol. The van der Waals surface area contributed by atoms with Gasteiger partial charge in [-0.15, -0.1) is 0 Å². The number of nitrogens with one attached hydrogen (secondary N) is 1. The first-order chi connectivity index (χ1) is 11.6. The summed E-state index contributed by atoms with van der Waals surface area (Å²) in [7, 11) is 1.72. The van der Waals surface area contributed by atoms with Crippen LogP contribution in [-0.2, 0) is 0 Å². The summed E-state index contributed by atoms with van der Waals surface area (Å²) in [4.78, 5) is 2.50. The summed E-state index contributed by atoms with van der Waals surface area (Å²) in [5, 5.41) is 15.8. The van der Waals surface area contributed by atoms with Gasteiger partial charge < -0.3 is 15.2 Å². The Kier molecular flexibility index (Phi) is 5.09. The number of rotatable bonds is 5. The second-order valence-electron chi connectivity index (χ2n) is 7.24. The topological polar surface area (TPSA) is 44.7 Å². The number of aliphatic hydroxyl groups is 1. The molecule has 0 radical (unpaired) electrons. The van der Waals surface area contributed by atoms with Crippen LogP contribution < -0.4 is 10.1 Å². The van der Waals surface area contributed by atoms with Crippen LogP contribution in [0, 0.1) is 5.41 Å². The van der Waals surface area contributed by atoms with Crippen molar-refractivity contribution in [3.8, 4) is 5.75 Å². The van der Waals surface area contributed by atoms with Crippen molar-refractivity contribution in [2.45, 2.75) is 19.9 Å². The van der Waals surface area contributed by atoms with Gasteiger partial charge in [0.25, 0.3) is 0 Å². The summed E-state index contributed by atoms with van der Waals surface area (Å²) >= 11 is 0. The summed E-state index contributed by atoms with van der Waals surface area (Å²) in [5.41, 5.74) is 1.04. The Labute approximate surface area is 144 Å². The highest BCUT2D eigenvalue weighted by atomic mass is 16.5. The molecule has 0 spiro atoms. The molecule has 0 saturated carbocycles. The van der Waals surface area contributed by atoms with Crippen LogP contribution in [0.1, 0.15) is 25.5 Å². The van der Waals surface area contributed by atoms with Crippen molar-refractivity contribution in [2.24, 2.45) is 5.41 Å². The lowest BCUT2D eigenvalue weighted by atomic mass is 9.78. The normalized spacial score (nSPS) is 17.8. The summed E-state index contributed by atoms with van der Waals surface area (Å²) < 4.78 is 5.55. The van der Waals surface area contributed by atoms with Gasteiger partial charge in [-0.05, 0) is 17.0 Å². The first-order valence-electron chi connectivity index (χ1n) is 8.70. The van der Waals surface area contributed by atoms with E-state index in [9.17, 15) is 5.11 Å². The van der Waals surface area contributed by atoms with Crippen molar-refractivity contribution in [2.75, 3.05) is 39.9 Å². The van der Waals surface area contributed by atoms with Crippen molar-refractivity contribution in [1.29, 1.82) is 0 Å². The fourth-order valence-electron chi connectivity index (χ4n) is 3.85. The number of fused-ring (bicyclic) bond motifs is 1. The van der Waals surface area contributed by atoms with Crippen molar-refractivity contribution < 1.29 is 9.84 Å². The van der Waals surface area contributed by atoms with E-state index in [0.29, 0.717) is 0 Å². The molecule has 4 nitrogen and oxygen atoms in total. The highest BCUT2D eigenvalue weighted by molar-refractivity contribution is 5.91. The molecule has 0 aliphatic carbocycles. The fourth-order valence-corrected chi connectivity index (χ4v) is 3.85. The number of hydrogen-bond acceptors (Lipinski definition) is 4. The number of hydrogen-bond donors (Lipinski definition) is 2. The molecule has 0 bridgehead atoms. The predicted octanol–water partition coefficient (Wildman–Crippen LogP) is 2.81. The third-order valence-electron chi connectivity index (χ3n) is 5.10. The van der Waals surface area contributed by atoms with Gasteiger partial charge in [0.2, 0.25) is 0 Å². The molecule has 0 aromatic heterocycles. The molecule has 3 rings (SSSR count). The molecule has 2 aromatic carbocycles. The number of aliphatic hydroxyl groups excluding tert-OH is 1. The molecule has 0 unspecified atom stereocenters. The van der Waals surface area contributed by atoms with Crippen LogP contribution in [0.15, 0.2) is 36.4 Å². The maximum Gasteiger partial charge on any atom is 0.126 e. The van der Waals surface area contributed by atoms with E-state index in [1.54, 1.807) is 7.11 Å². The average Bonchev–Trinajstić information content (AvgIpc) is 2.63. The standard InChI is InChI=1S/C20H28N2O2/c1-20(2,14-23)19(22-12-10-21-11-13-22)17-8-9-18(24-3)16-7-5-4-6-15(16)17/h4-9,19,21,23H,10-14H2,1-3H3/t19-/m0/s1. The van der Waals surface area contributed by atoms with E-state index in [2.05, 4.69) is 54.4 Å². The van der Waals surface area contributed by atoms with Crippen LogP contribution in [-0.4, -0.2) is 49.9 Å². The second kappa shape index (κ2) is 7.09. The largest absolute Gasteiger partial charge is 0.496 e. The first kappa shape index (κ1) is 17.2. The molecule has 24 heavy (non-hydrogen) atoms. The van der Waals surface area contributed by atoms with Gasteiger partial charge in [0.1, 0.15) is 5.75 Å². The number of benzene rings is 2. The SMILES string of the molecule is COc1ccc([C@H](N2CCNCC2)C(C)(C)CO)c2ccccc12. The van der Waals surface area contributed by atoms with E-state index in [-0.39, 0.29) is 18.1 Å². The number of piperazine rings is 1. The first-order valence-corrected chi connectivity index (χ1v) is 8.70. The third kappa shape index (κ3) is 3.14. The molecule has 1 fully saturated rings. The van der Waals surface area contributed by atoms with Gasteiger partial charge in [0, 0.05) is 49.6 Å². The van der Waals surface area contributed by atoms with E-state index in [4.69, 9.17) is 4.74 Å². The number of methoxy groups -OCH3 is 1. The molecule has 1 aliphatic rings. The van der Waals surface area contributed by atoms with E-state index < -0.39 is 0 Å². The van der Waals surface area contributed by atoms with Gasteiger partial charge >= 0.3 is 0 Å². The van der Waals surface area contributed by atoms with Crippen LogP contribution in [0.3, 0.4) is 0 Å². The molecule has 1 heterocycles. The minimum Gasteiger partial charge on any atom is -0.496 e. The maximum atomic E-state index is 10.1.